The summed E-state index contributed by atoms with van der Waals surface area (Å²) in [5.41, 5.74) is 1.77. The summed E-state index contributed by atoms with van der Waals surface area (Å²) >= 11 is 3.61. The van der Waals surface area contributed by atoms with E-state index in [0.717, 1.165) is 53.3 Å². The number of anilines is 1. The predicted molar refractivity (Wildman–Crippen MR) is 88.3 cm³/mol. The van der Waals surface area contributed by atoms with Gasteiger partial charge in [-0.25, -0.2) is 19.9 Å². The van der Waals surface area contributed by atoms with Crippen LogP contribution in [-0.4, -0.2) is 26.5 Å². The standard InChI is InChI=1S/C15H20BrN5/c1-4-6-11-13(16)15(18-8-5-2)21-14(20-11)12-7-9-17-10(3)19-12/h7,9H,4-6,8H2,1-3H3,(H,18,20,21). The molecular weight excluding hydrogens is 330 g/mol. The first kappa shape index (κ1) is 15.8. The third-order valence-electron chi connectivity index (χ3n) is 2.95. The largest absolute Gasteiger partial charge is 0.369 e. The zero-order chi connectivity index (χ0) is 15.2. The molecule has 5 nitrogen and oxygen atoms in total. The number of nitrogens with one attached hydrogen (secondary N) is 1. The molecule has 2 heterocycles. The Bertz CT molecular complexity index is 615. The molecule has 21 heavy (non-hydrogen) atoms. The average molecular weight is 350 g/mol. The van der Waals surface area contributed by atoms with Crippen LogP contribution in [0.1, 0.15) is 38.2 Å². The minimum absolute atomic E-state index is 0.644. The summed E-state index contributed by atoms with van der Waals surface area (Å²) in [5, 5.41) is 3.34. The molecule has 2 aromatic heterocycles. The number of nitrogens with zero attached hydrogens (tertiary/aromatic N) is 4. The van der Waals surface area contributed by atoms with E-state index in [1.807, 2.05) is 13.0 Å². The molecule has 1 N–H and O–H groups in total. The summed E-state index contributed by atoms with van der Waals surface area (Å²) in [6.45, 7) is 7.01. The van der Waals surface area contributed by atoms with Gasteiger partial charge in [0.2, 0.25) is 0 Å². The molecule has 0 aromatic carbocycles. The molecule has 0 amide bonds. The quantitative estimate of drug-likeness (QED) is 0.859. The van der Waals surface area contributed by atoms with E-state index in [-0.39, 0.29) is 0 Å². The van der Waals surface area contributed by atoms with E-state index in [0.29, 0.717) is 5.82 Å². The first-order valence-corrected chi connectivity index (χ1v) is 8.05. The maximum absolute atomic E-state index is 4.65. The molecule has 0 bridgehead atoms. The fraction of sp³-hybridized carbons (Fsp3) is 0.467. The number of halogens is 1. The van der Waals surface area contributed by atoms with Gasteiger partial charge in [0.25, 0.3) is 0 Å². The van der Waals surface area contributed by atoms with Gasteiger partial charge < -0.3 is 5.32 Å². The van der Waals surface area contributed by atoms with Gasteiger partial charge in [-0.05, 0) is 41.8 Å². The third kappa shape index (κ3) is 3.97. The highest BCUT2D eigenvalue weighted by atomic mass is 79.9. The molecule has 0 saturated carbocycles. The number of rotatable bonds is 6. The van der Waals surface area contributed by atoms with Gasteiger partial charge >= 0.3 is 0 Å². The van der Waals surface area contributed by atoms with E-state index in [9.17, 15) is 0 Å². The lowest BCUT2D eigenvalue weighted by molar-refractivity contribution is 0.862. The van der Waals surface area contributed by atoms with E-state index in [2.05, 4.69) is 55.0 Å². The normalized spacial score (nSPS) is 10.7. The van der Waals surface area contributed by atoms with Crippen LogP contribution in [-0.2, 0) is 6.42 Å². The Morgan fingerprint density at radius 2 is 1.95 bits per heavy atom. The van der Waals surface area contributed by atoms with Crippen LogP contribution in [0.3, 0.4) is 0 Å². The van der Waals surface area contributed by atoms with Crippen molar-refractivity contribution < 1.29 is 0 Å². The maximum atomic E-state index is 4.65. The van der Waals surface area contributed by atoms with Gasteiger partial charge in [-0.15, -0.1) is 0 Å². The van der Waals surface area contributed by atoms with Gasteiger partial charge in [0.05, 0.1) is 10.2 Å². The Labute approximate surface area is 133 Å². The lowest BCUT2D eigenvalue weighted by Gasteiger charge is -2.12. The number of aromatic nitrogens is 4. The lowest BCUT2D eigenvalue weighted by Crippen LogP contribution is -2.08. The second-order valence-electron chi connectivity index (χ2n) is 4.82. The summed E-state index contributed by atoms with van der Waals surface area (Å²) in [6.07, 6.45) is 4.72. The van der Waals surface area contributed by atoms with Crippen molar-refractivity contribution in [3.8, 4) is 11.5 Å². The van der Waals surface area contributed by atoms with Crippen molar-refractivity contribution in [3.63, 3.8) is 0 Å². The van der Waals surface area contributed by atoms with Gasteiger partial charge in [0.15, 0.2) is 5.82 Å². The minimum Gasteiger partial charge on any atom is -0.369 e. The van der Waals surface area contributed by atoms with E-state index in [4.69, 9.17) is 0 Å². The zero-order valence-corrected chi connectivity index (χ0v) is 14.2. The van der Waals surface area contributed by atoms with E-state index in [1.54, 1.807) is 6.20 Å². The first-order chi connectivity index (χ1) is 10.2. The number of hydrogen-bond donors (Lipinski definition) is 1. The van der Waals surface area contributed by atoms with Crippen LogP contribution in [0.5, 0.6) is 0 Å². The molecule has 2 rings (SSSR count). The van der Waals surface area contributed by atoms with Crippen LogP contribution in [0.2, 0.25) is 0 Å². The van der Waals surface area contributed by atoms with Crippen molar-refractivity contribution in [2.45, 2.75) is 40.0 Å². The summed E-state index contributed by atoms with van der Waals surface area (Å²) in [6, 6.07) is 1.84. The number of aryl methyl sites for hydroxylation is 2. The molecule has 0 aliphatic rings. The number of hydrogen-bond acceptors (Lipinski definition) is 5. The maximum Gasteiger partial charge on any atom is 0.180 e. The molecule has 0 aliphatic carbocycles. The predicted octanol–water partition coefficient (Wildman–Crippen LogP) is 3.78. The summed E-state index contributed by atoms with van der Waals surface area (Å²) in [7, 11) is 0. The fourth-order valence-corrected chi connectivity index (χ4v) is 2.47. The highest BCUT2D eigenvalue weighted by Gasteiger charge is 2.13. The minimum atomic E-state index is 0.644. The van der Waals surface area contributed by atoms with E-state index in [1.165, 1.54) is 0 Å². The second-order valence-corrected chi connectivity index (χ2v) is 5.62. The Kier molecular flexibility index (Phi) is 5.61. The molecular formula is C15H20BrN5. The van der Waals surface area contributed by atoms with Crippen LogP contribution in [0.15, 0.2) is 16.7 Å². The van der Waals surface area contributed by atoms with Crippen molar-refractivity contribution in [1.29, 1.82) is 0 Å². The molecule has 112 valence electrons. The van der Waals surface area contributed by atoms with Crippen molar-refractivity contribution >= 4 is 21.7 Å². The second kappa shape index (κ2) is 7.45. The van der Waals surface area contributed by atoms with Crippen molar-refractivity contribution in [3.05, 3.63) is 28.3 Å². The van der Waals surface area contributed by atoms with Crippen LogP contribution < -0.4 is 5.32 Å². The third-order valence-corrected chi connectivity index (χ3v) is 3.79. The first-order valence-electron chi connectivity index (χ1n) is 7.26. The van der Waals surface area contributed by atoms with Crippen LogP contribution >= 0.6 is 15.9 Å². The Morgan fingerprint density at radius 1 is 1.14 bits per heavy atom. The van der Waals surface area contributed by atoms with Gasteiger partial charge in [-0.3, -0.25) is 0 Å². The highest BCUT2D eigenvalue weighted by molar-refractivity contribution is 9.10. The van der Waals surface area contributed by atoms with Gasteiger partial charge in [0, 0.05) is 12.7 Å². The van der Waals surface area contributed by atoms with Gasteiger partial charge in [-0.2, -0.15) is 0 Å². The van der Waals surface area contributed by atoms with Gasteiger partial charge in [-0.1, -0.05) is 20.3 Å². The van der Waals surface area contributed by atoms with Gasteiger partial charge in [0.1, 0.15) is 17.3 Å². The summed E-state index contributed by atoms with van der Waals surface area (Å²) < 4.78 is 0.951. The Hall–Kier alpha value is -1.56. The van der Waals surface area contributed by atoms with E-state index < -0.39 is 0 Å². The van der Waals surface area contributed by atoms with Crippen LogP contribution in [0, 0.1) is 6.92 Å². The van der Waals surface area contributed by atoms with Crippen molar-refractivity contribution in [2.24, 2.45) is 0 Å². The molecule has 0 aliphatic heterocycles. The topological polar surface area (TPSA) is 63.6 Å². The zero-order valence-electron chi connectivity index (χ0n) is 12.6. The molecule has 0 spiro atoms. The van der Waals surface area contributed by atoms with Crippen molar-refractivity contribution in [1.82, 2.24) is 19.9 Å². The van der Waals surface area contributed by atoms with E-state index >= 15 is 0 Å². The molecule has 0 unspecified atom stereocenters. The Balaban J connectivity index is 2.47. The molecule has 6 heteroatoms. The molecule has 0 saturated heterocycles. The lowest BCUT2D eigenvalue weighted by atomic mass is 10.2. The summed E-state index contributed by atoms with van der Waals surface area (Å²) in [5.74, 6) is 2.20. The SMILES string of the molecule is CCCNc1nc(-c2ccnc(C)n2)nc(CCC)c1Br. The van der Waals surface area contributed by atoms with Crippen LogP contribution in [0.4, 0.5) is 5.82 Å². The van der Waals surface area contributed by atoms with Crippen LogP contribution in [0.25, 0.3) is 11.5 Å². The highest BCUT2D eigenvalue weighted by Crippen LogP contribution is 2.27. The molecule has 0 radical (unpaired) electrons. The van der Waals surface area contributed by atoms with Crippen molar-refractivity contribution in [2.75, 3.05) is 11.9 Å². The smallest absolute Gasteiger partial charge is 0.180 e. The molecule has 0 fully saturated rings. The fourth-order valence-electron chi connectivity index (χ4n) is 1.95. The average Bonchev–Trinajstić information content (AvgIpc) is 2.48. The monoisotopic (exact) mass is 349 g/mol. The molecule has 2 aromatic rings. The Morgan fingerprint density at radius 3 is 2.62 bits per heavy atom. The molecule has 0 atom stereocenters. The summed E-state index contributed by atoms with van der Waals surface area (Å²) in [4.78, 5) is 17.8.